The predicted octanol–water partition coefficient (Wildman–Crippen LogP) is 4.26. The number of thiophene rings is 1. The maximum absolute atomic E-state index is 13.1. The number of halogens is 2. The number of amides is 4. The number of imide groups is 1. The second kappa shape index (κ2) is 8.83. The summed E-state index contributed by atoms with van der Waals surface area (Å²) in [5.41, 5.74) is 3.82. The van der Waals surface area contributed by atoms with E-state index in [1.165, 1.54) is 24.3 Å². The van der Waals surface area contributed by atoms with Crippen molar-refractivity contribution in [2.75, 3.05) is 22.1 Å². The largest absolute Gasteiger partial charge is 0.384 e. The Hall–Kier alpha value is -3.12. The fourth-order valence-electron chi connectivity index (χ4n) is 4.08. The topological polar surface area (TPSA) is 125 Å². The fourth-order valence-corrected chi connectivity index (χ4v) is 6.86. The number of nitrogens with one attached hydrogen (secondary N) is 3. The van der Waals surface area contributed by atoms with Gasteiger partial charge in [-0.1, -0.05) is 23.2 Å². The summed E-state index contributed by atoms with van der Waals surface area (Å²) in [5.74, 6) is -0.760. The van der Waals surface area contributed by atoms with Crippen LogP contribution < -0.4 is 20.3 Å². The summed E-state index contributed by atoms with van der Waals surface area (Å²) in [4.78, 5) is 39.3. The molecule has 1 aromatic heterocycles. The highest BCUT2D eigenvalue weighted by Gasteiger charge is 2.35. The lowest BCUT2D eigenvalue weighted by Gasteiger charge is -2.28. The summed E-state index contributed by atoms with van der Waals surface area (Å²) >= 11 is 12.3. The number of urea groups is 1. The van der Waals surface area contributed by atoms with Gasteiger partial charge >= 0.3 is 6.03 Å². The molecular formula is C22H16Cl2N4O5S2. The summed E-state index contributed by atoms with van der Waals surface area (Å²) in [6, 6.07) is 9.64. The van der Waals surface area contributed by atoms with Crippen molar-refractivity contribution in [1.82, 2.24) is 4.72 Å². The van der Waals surface area contributed by atoms with Gasteiger partial charge in [-0.05, 0) is 60.0 Å². The van der Waals surface area contributed by atoms with Crippen LogP contribution in [0.25, 0.3) is 0 Å². The second-order valence-electron chi connectivity index (χ2n) is 7.80. The molecule has 9 nitrogen and oxygen atoms in total. The average Bonchev–Trinajstić information content (AvgIpc) is 3.41. The van der Waals surface area contributed by atoms with Gasteiger partial charge in [0, 0.05) is 23.5 Å². The Balaban J connectivity index is 1.30. The molecule has 5 rings (SSSR count). The van der Waals surface area contributed by atoms with Crippen LogP contribution in [-0.4, -0.2) is 32.8 Å². The van der Waals surface area contributed by atoms with E-state index in [0.29, 0.717) is 11.3 Å². The van der Waals surface area contributed by atoms with Crippen LogP contribution in [0.15, 0.2) is 46.7 Å². The first-order chi connectivity index (χ1) is 16.6. The van der Waals surface area contributed by atoms with E-state index >= 15 is 0 Å². The Morgan fingerprint density at radius 3 is 2.49 bits per heavy atom. The lowest BCUT2D eigenvalue weighted by Crippen LogP contribution is -2.42. The number of nitrogens with zero attached hydrogens (tertiary/aromatic N) is 1. The standard InChI is InChI=1S/C22H16Cl2N4O5S2/c23-16-10-19(34-20(16)24)35(32,33)27-22(31)26-11-1-3-12(4-2-11)28-18(29)9-15-13-7-8-25-17(13)6-5-14(15)21(28)30/h1-6,10,25H,7-9H2,(H2,26,27,31). The molecule has 3 N–H and O–H groups in total. The van der Waals surface area contributed by atoms with Crippen molar-refractivity contribution >= 4 is 79.5 Å². The Kier molecular flexibility index (Phi) is 5.96. The van der Waals surface area contributed by atoms with Gasteiger partial charge in [0.2, 0.25) is 5.91 Å². The minimum absolute atomic E-state index is 0.0681. The van der Waals surface area contributed by atoms with Crippen LogP contribution in [-0.2, 0) is 27.7 Å². The average molecular weight is 551 g/mol. The van der Waals surface area contributed by atoms with Gasteiger partial charge in [-0.15, -0.1) is 11.3 Å². The second-order valence-corrected chi connectivity index (χ2v) is 11.8. The fraction of sp³-hybridized carbons (Fsp3) is 0.136. The van der Waals surface area contributed by atoms with E-state index in [2.05, 4.69) is 10.6 Å². The molecule has 3 heterocycles. The van der Waals surface area contributed by atoms with Crippen molar-refractivity contribution < 1.29 is 22.8 Å². The Morgan fingerprint density at radius 1 is 1.06 bits per heavy atom. The quantitative estimate of drug-likeness (QED) is 0.417. The Labute approximate surface area is 214 Å². The van der Waals surface area contributed by atoms with Crippen molar-refractivity contribution in [2.24, 2.45) is 0 Å². The number of carbonyl (C=O) groups is 3. The molecule has 3 aromatic rings. The number of benzene rings is 2. The summed E-state index contributed by atoms with van der Waals surface area (Å²) in [6.07, 6.45) is 0.882. The maximum atomic E-state index is 13.1. The summed E-state index contributed by atoms with van der Waals surface area (Å²) in [5, 5.41) is 5.71. The lowest BCUT2D eigenvalue weighted by molar-refractivity contribution is -0.117. The molecule has 0 radical (unpaired) electrons. The number of fused-ring (bicyclic) bond motifs is 3. The molecule has 0 aliphatic carbocycles. The number of anilines is 3. The number of hydrogen-bond acceptors (Lipinski definition) is 7. The summed E-state index contributed by atoms with van der Waals surface area (Å²) in [7, 11) is -4.17. The number of rotatable bonds is 4. The third kappa shape index (κ3) is 4.36. The highest BCUT2D eigenvalue weighted by Crippen LogP contribution is 2.35. The molecule has 0 unspecified atom stereocenters. The third-order valence-corrected chi connectivity index (χ3v) is 9.30. The smallest absolute Gasteiger partial charge is 0.333 e. The predicted molar refractivity (Wildman–Crippen MR) is 134 cm³/mol. The Bertz CT molecular complexity index is 1480. The number of carbonyl (C=O) groups excluding carboxylic acids is 3. The van der Waals surface area contributed by atoms with Crippen molar-refractivity contribution in [3.63, 3.8) is 0 Å². The molecule has 180 valence electrons. The molecule has 2 aliphatic rings. The van der Waals surface area contributed by atoms with Crippen molar-refractivity contribution in [3.8, 4) is 0 Å². The first-order valence-corrected chi connectivity index (χ1v) is 13.3. The normalized spacial score (nSPS) is 14.9. The number of sulfonamides is 1. The zero-order valence-corrected chi connectivity index (χ0v) is 20.9. The highest BCUT2D eigenvalue weighted by atomic mass is 35.5. The van der Waals surface area contributed by atoms with Crippen LogP contribution in [0, 0.1) is 0 Å². The molecular weight excluding hydrogens is 535 g/mol. The first kappa shape index (κ1) is 23.6. The van der Waals surface area contributed by atoms with E-state index in [9.17, 15) is 22.8 Å². The van der Waals surface area contributed by atoms with E-state index in [1.807, 2.05) is 10.8 Å². The molecule has 4 amide bonds. The van der Waals surface area contributed by atoms with E-state index in [4.69, 9.17) is 23.2 Å². The molecule has 35 heavy (non-hydrogen) atoms. The third-order valence-electron chi connectivity index (χ3n) is 5.63. The monoisotopic (exact) mass is 550 g/mol. The van der Waals surface area contributed by atoms with Crippen LogP contribution in [0.3, 0.4) is 0 Å². The van der Waals surface area contributed by atoms with Gasteiger partial charge in [0.25, 0.3) is 15.9 Å². The molecule has 2 aliphatic heterocycles. The molecule has 0 fully saturated rings. The molecule has 0 atom stereocenters. The molecule has 0 saturated carbocycles. The van der Waals surface area contributed by atoms with Gasteiger partial charge in [0.05, 0.1) is 17.1 Å². The zero-order chi connectivity index (χ0) is 24.9. The van der Waals surface area contributed by atoms with E-state index in [0.717, 1.165) is 52.1 Å². The van der Waals surface area contributed by atoms with Crippen LogP contribution in [0.1, 0.15) is 21.5 Å². The van der Waals surface area contributed by atoms with Gasteiger partial charge in [-0.2, -0.15) is 0 Å². The van der Waals surface area contributed by atoms with Crippen molar-refractivity contribution in [1.29, 1.82) is 0 Å². The van der Waals surface area contributed by atoms with Gasteiger partial charge in [0.15, 0.2) is 0 Å². The molecule has 0 bridgehead atoms. The van der Waals surface area contributed by atoms with E-state index < -0.39 is 22.0 Å². The summed E-state index contributed by atoms with van der Waals surface area (Å²) in [6.45, 7) is 0.774. The molecule has 13 heteroatoms. The van der Waals surface area contributed by atoms with Gasteiger partial charge in [-0.25, -0.2) is 22.8 Å². The number of hydrogen-bond donors (Lipinski definition) is 3. The van der Waals surface area contributed by atoms with Crippen molar-refractivity contribution in [2.45, 2.75) is 17.1 Å². The molecule has 2 aromatic carbocycles. The van der Waals surface area contributed by atoms with Crippen LogP contribution in [0.4, 0.5) is 21.9 Å². The minimum Gasteiger partial charge on any atom is -0.384 e. The van der Waals surface area contributed by atoms with Crippen LogP contribution in [0.5, 0.6) is 0 Å². The molecule has 0 saturated heterocycles. The minimum atomic E-state index is -4.17. The van der Waals surface area contributed by atoms with Crippen molar-refractivity contribution in [3.05, 3.63) is 68.5 Å². The maximum Gasteiger partial charge on any atom is 0.333 e. The van der Waals surface area contributed by atoms with E-state index in [-0.39, 0.29) is 31.6 Å². The van der Waals surface area contributed by atoms with Gasteiger partial charge in [0.1, 0.15) is 8.55 Å². The SMILES string of the molecule is O=C(Nc1ccc(N2C(=O)Cc3c(ccc4c3CCN4)C2=O)cc1)NS(=O)(=O)c1cc(Cl)c(Cl)s1. The lowest BCUT2D eigenvalue weighted by atomic mass is 9.91. The zero-order valence-electron chi connectivity index (χ0n) is 17.7. The van der Waals surface area contributed by atoms with Crippen LogP contribution in [0.2, 0.25) is 9.36 Å². The van der Waals surface area contributed by atoms with E-state index in [1.54, 1.807) is 6.07 Å². The first-order valence-electron chi connectivity index (χ1n) is 10.3. The summed E-state index contributed by atoms with van der Waals surface area (Å²) < 4.78 is 26.4. The van der Waals surface area contributed by atoms with Crippen LogP contribution >= 0.6 is 34.5 Å². The Morgan fingerprint density at radius 2 is 1.80 bits per heavy atom. The highest BCUT2D eigenvalue weighted by molar-refractivity contribution is 7.92. The molecule has 0 spiro atoms. The van der Waals surface area contributed by atoms with Gasteiger partial charge < -0.3 is 10.6 Å². The van der Waals surface area contributed by atoms with Gasteiger partial charge in [-0.3, -0.25) is 9.59 Å².